The quantitative estimate of drug-likeness (QED) is 0.705. The Morgan fingerprint density at radius 2 is 1.94 bits per heavy atom. The van der Waals surface area contributed by atoms with Crippen LogP contribution in [-0.2, 0) is 9.47 Å². The molecule has 0 fully saturated rings. The second-order valence-electron chi connectivity index (χ2n) is 3.71. The Hall–Kier alpha value is -1.24. The van der Waals surface area contributed by atoms with E-state index in [9.17, 15) is 0 Å². The van der Waals surface area contributed by atoms with Crippen molar-refractivity contribution in [2.45, 2.75) is 0 Å². The second kappa shape index (κ2) is 7.97. The van der Waals surface area contributed by atoms with Crippen molar-refractivity contribution in [3.63, 3.8) is 0 Å². The van der Waals surface area contributed by atoms with E-state index >= 15 is 0 Å². The predicted molar refractivity (Wildman–Crippen MR) is 76.1 cm³/mol. The molecule has 1 aromatic rings. The Balaban J connectivity index is 2.92. The second-order valence-corrected chi connectivity index (χ2v) is 4.15. The highest BCUT2D eigenvalue weighted by Crippen LogP contribution is 2.17. The minimum absolute atomic E-state index is 0.297. The predicted octanol–water partition coefficient (Wildman–Crippen LogP) is 0.815. The Bertz CT molecular complexity index is 379. The van der Waals surface area contributed by atoms with Crippen LogP contribution in [0.5, 0.6) is 0 Å². The van der Waals surface area contributed by atoms with Crippen molar-refractivity contribution in [3.05, 3.63) is 24.0 Å². The van der Waals surface area contributed by atoms with Gasteiger partial charge < -0.3 is 20.1 Å². The number of anilines is 1. The minimum atomic E-state index is 0.297. The Morgan fingerprint density at radius 1 is 1.33 bits per heavy atom. The normalized spacial score (nSPS) is 10.3. The summed E-state index contributed by atoms with van der Waals surface area (Å²) in [7, 11) is 3.35. The van der Waals surface area contributed by atoms with E-state index in [1.807, 2.05) is 12.1 Å². The molecule has 100 valence electrons. The number of hydrogen-bond donors (Lipinski definition) is 1. The SMILES string of the molecule is COCCN(CCOC)c1cccnc1C(N)=S. The summed E-state index contributed by atoms with van der Waals surface area (Å²) in [6.07, 6.45) is 1.68. The number of nitrogens with two attached hydrogens (primary N) is 1. The van der Waals surface area contributed by atoms with Gasteiger partial charge in [0.05, 0.1) is 18.9 Å². The molecule has 18 heavy (non-hydrogen) atoms. The maximum absolute atomic E-state index is 5.69. The van der Waals surface area contributed by atoms with Crippen LogP contribution in [0.3, 0.4) is 0 Å². The number of hydrogen-bond acceptors (Lipinski definition) is 5. The molecule has 0 saturated carbocycles. The molecule has 0 unspecified atom stereocenters. The molecule has 0 aliphatic carbocycles. The van der Waals surface area contributed by atoms with Crippen LogP contribution in [0.4, 0.5) is 5.69 Å². The van der Waals surface area contributed by atoms with Crippen LogP contribution >= 0.6 is 12.2 Å². The fraction of sp³-hybridized carbons (Fsp3) is 0.500. The molecule has 0 atom stereocenters. The summed E-state index contributed by atoms with van der Waals surface area (Å²) < 4.78 is 10.2. The fourth-order valence-electron chi connectivity index (χ4n) is 1.60. The lowest BCUT2D eigenvalue weighted by Gasteiger charge is -2.25. The highest BCUT2D eigenvalue weighted by Gasteiger charge is 2.13. The summed E-state index contributed by atoms with van der Waals surface area (Å²) in [4.78, 5) is 6.63. The lowest BCUT2D eigenvalue weighted by atomic mass is 10.2. The summed E-state index contributed by atoms with van der Waals surface area (Å²) in [5.74, 6) is 0. The first-order chi connectivity index (χ1) is 8.70. The van der Waals surface area contributed by atoms with Crippen molar-refractivity contribution in [1.82, 2.24) is 4.98 Å². The zero-order chi connectivity index (χ0) is 13.4. The van der Waals surface area contributed by atoms with Crippen LogP contribution in [0.25, 0.3) is 0 Å². The highest BCUT2D eigenvalue weighted by molar-refractivity contribution is 7.80. The first kappa shape index (κ1) is 14.8. The molecule has 6 heteroatoms. The number of pyridine rings is 1. The van der Waals surface area contributed by atoms with E-state index in [1.165, 1.54) is 0 Å². The monoisotopic (exact) mass is 269 g/mol. The van der Waals surface area contributed by atoms with Gasteiger partial charge in [-0.1, -0.05) is 12.2 Å². The molecule has 5 nitrogen and oxygen atoms in total. The van der Waals surface area contributed by atoms with Gasteiger partial charge in [-0.25, -0.2) is 0 Å². The van der Waals surface area contributed by atoms with Crippen LogP contribution in [0.2, 0.25) is 0 Å². The summed E-state index contributed by atoms with van der Waals surface area (Å²) >= 11 is 5.02. The molecule has 0 bridgehead atoms. The minimum Gasteiger partial charge on any atom is -0.388 e. The number of nitrogens with zero attached hydrogens (tertiary/aromatic N) is 2. The third-order valence-corrected chi connectivity index (χ3v) is 2.68. The molecule has 0 aromatic carbocycles. The number of ether oxygens (including phenoxy) is 2. The molecule has 0 radical (unpaired) electrons. The van der Waals surface area contributed by atoms with Crippen molar-refractivity contribution in [2.24, 2.45) is 5.73 Å². The van der Waals surface area contributed by atoms with E-state index in [2.05, 4.69) is 9.88 Å². The van der Waals surface area contributed by atoms with Gasteiger partial charge in [0, 0.05) is 33.5 Å². The van der Waals surface area contributed by atoms with Crippen molar-refractivity contribution >= 4 is 22.9 Å². The standard InChI is InChI=1S/C12H19N3O2S/c1-16-8-6-15(7-9-17-2)10-4-3-5-14-11(10)12(13)18/h3-5H,6-9H2,1-2H3,(H2,13,18). The molecule has 0 spiro atoms. The zero-order valence-electron chi connectivity index (χ0n) is 10.8. The summed E-state index contributed by atoms with van der Waals surface area (Å²) in [5.41, 5.74) is 7.24. The van der Waals surface area contributed by atoms with Gasteiger partial charge in [0.25, 0.3) is 0 Å². The van der Waals surface area contributed by atoms with Crippen LogP contribution < -0.4 is 10.6 Å². The van der Waals surface area contributed by atoms with Gasteiger partial charge in [-0.2, -0.15) is 0 Å². The first-order valence-corrected chi connectivity index (χ1v) is 6.09. The largest absolute Gasteiger partial charge is 0.388 e. The number of methoxy groups -OCH3 is 2. The molecule has 0 aliphatic rings. The number of aromatic nitrogens is 1. The van der Waals surface area contributed by atoms with Gasteiger partial charge in [0.15, 0.2) is 0 Å². The molecular formula is C12H19N3O2S. The van der Waals surface area contributed by atoms with E-state index in [0.29, 0.717) is 23.9 Å². The van der Waals surface area contributed by atoms with Crippen LogP contribution in [0.1, 0.15) is 5.69 Å². The third-order valence-electron chi connectivity index (χ3n) is 2.49. The third kappa shape index (κ3) is 4.21. The summed E-state index contributed by atoms with van der Waals surface area (Å²) in [5, 5.41) is 0. The van der Waals surface area contributed by atoms with Gasteiger partial charge in [-0.3, -0.25) is 4.98 Å². The summed E-state index contributed by atoms with van der Waals surface area (Å²) in [6.45, 7) is 2.72. The Kier molecular flexibility index (Phi) is 6.56. The Morgan fingerprint density at radius 3 is 2.44 bits per heavy atom. The lowest BCUT2D eigenvalue weighted by Crippen LogP contribution is -2.32. The van der Waals surface area contributed by atoms with Gasteiger partial charge in [0.2, 0.25) is 0 Å². The van der Waals surface area contributed by atoms with E-state index in [0.717, 1.165) is 18.8 Å². The van der Waals surface area contributed by atoms with Crippen molar-refractivity contribution < 1.29 is 9.47 Å². The van der Waals surface area contributed by atoms with E-state index in [1.54, 1.807) is 20.4 Å². The smallest absolute Gasteiger partial charge is 0.124 e. The van der Waals surface area contributed by atoms with Crippen LogP contribution in [0.15, 0.2) is 18.3 Å². The van der Waals surface area contributed by atoms with Crippen molar-refractivity contribution in [1.29, 1.82) is 0 Å². The van der Waals surface area contributed by atoms with Crippen molar-refractivity contribution in [3.8, 4) is 0 Å². The number of rotatable bonds is 8. The van der Waals surface area contributed by atoms with Gasteiger partial charge in [0.1, 0.15) is 10.7 Å². The topological polar surface area (TPSA) is 60.6 Å². The van der Waals surface area contributed by atoms with E-state index in [4.69, 9.17) is 27.4 Å². The maximum Gasteiger partial charge on any atom is 0.124 e. The fourth-order valence-corrected chi connectivity index (χ4v) is 1.75. The molecule has 2 N–H and O–H groups in total. The maximum atomic E-state index is 5.69. The molecule has 1 rings (SSSR count). The first-order valence-electron chi connectivity index (χ1n) is 5.68. The number of thiocarbonyl (C=S) groups is 1. The molecule has 0 aliphatic heterocycles. The van der Waals surface area contributed by atoms with Gasteiger partial charge >= 0.3 is 0 Å². The van der Waals surface area contributed by atoms with Crippen LogP contribution in [-0.4, -0.2) is 50.5 Å². The lowest BCUT2D eigenvalue weighted by molar-refractivity contribution is 0.190. The van der Waals surface area contributed by atoms with Crippen molar-refractivity contribution in [2.75, 3.05) is 45.4 Å². The van der Waals surface area contributed by atoms with Crippen LogP contribution in [0, 0.1) is 0 Å². The molecular weight excluding hydrogens is 250 g/mol. The van der Waals surface area contributed by atoms with Gasteiger partial charge in [-0.05, 0) is 12.1 Å². The van der Waals surface area contributed by atoms with E-state index < -0.39 is 0 Å². The zero-order valence-corrected chi connectivity index (χ0v) is 11.6. The summed E-state index contributed by atoms with van der Waals surface area (Å²) in [6, 6.07) is 3.82. The van der Waals surface area contributed by atoms with E-state index in [-0.39, 0.29) is 0 Å². The average molecular weight is 269 g/mol. The Labute approximate surface area is 113 Å². The highest BCUT2D eigenvalue weighted by atomic mass is 32.1. The molecule has 1 aromatic heterocycles. The average Bonchev–Trinajstić information content (AvgIpc) is 2.39. The molecule has 0 amide bonds. The molecule has 1 heterocycles. The molecule has 0 saturated heterocycles. The van der Waals surface area contributed by atoms with Gasteiger partial charge in [-0.15, -0.1) is 0 Å².